The molecule has 1 heterocycles. The molecule has 0 atom stereocenters. The Morgan fingerprint density at radius 2 is 2.00 bits per heavy atom. The van der Waals surface area contributed by atoms with Crippen LogP contribution in [0, 0.1) is 0 Å². The van der Waals surface area contributed by atoms with Crippen molar-refractivity contribution < 1.29 is 9.53 Å². The number of para-hydroxylation sites is 1. The third-order valence-corrected chi connectivity index (χ3v) is 3.52. The smallest absolute Gasteiger partial charge is 0.254 e. The summed E-state index contributed by atoms with van der Waals surface area (Å²) < 4.78 is 6.78. The van der Waals surface area contributed by atoms with Crippen molar-refractivity contribution in [1.82, 2.24) is 20.4 Å². The van der Waals surface area contributed by atoms with Gasteiger partial charge in [-0.25, -0.2) is 4.68 Å². The van der Waals surface area contributed by atoms with E-state index in [1.165, 1.54) is 0 Å². The van der Waals surface area contributed by atoms with Crippen LogP contribution in [-0.4, -0.2) is 49.0 Å². The van der Waals surface area contributed by atoms with Crippen LogP contribution in [0.5, 0.6) is 0 Å². The number of amides is 1. The summed E-state index contributed by atoms with van der Waals surface area (Å²) in [6, 6.07) is 9.84. The molecule has 2 N–H and O–H groups in total. The maximum Gasteiger partial charge on any atom is 0.254 e. The predicted molar refractivity (Wildman–Crippen MR) is 90.0 cm³/mol. The molecule has 0 saturated carbocycles. The van der Waals surface area contributed by atoms with Crippen molar-refractivity contribution in [2.75, 3.05) is 33.4 Å². The second kappa shape index (κ2) is 9.07. The van der Waals surface area contributed by atoms with Crippen LogP contribution in [0.15, 0.2) is 36.5 Å². The van der Waals surface area contributed by atoms with E-state index in [1.54, 1.807) is 13.3 Å². The van der Waals surface area contributed by atoms with Crippen LogP contribution in [-0.2, 0) is 11.2 Å². The van der Waals surface area contributed by atoms with Crippen LogP contribution in [0.25, 0.3) is 5.69 Å². The van der Waals surface area contributed by atoms with E-state index in [0.717, 1.165) is 24.3 Å². The first-order valence-corrected chi connectivity index (χ1v) is 7.88. The molecular formula is C17H24N4O2. The first-order valence-electron chi connectivity index (χ1n) is 7.88. The molecule has 6 heteroatoms. The van der Waals surface area contributed by atoms with E-state index in [-0.39, 0.29) is 5.91 Å². The van der Waals surface area contributed by atoms with Crippen LogP contribution >= 0.6 is 0 Å². The molecule has 1 aromatic heterocycles. The topological polar surface area (TPSA) is 68.2 Å². The number of rotatable bonds is 9. The number of hydrogen-bond acceptors (Lipinski definition) is 4. The lowest BCUT2D eigenvalue weighted by Gasteiger charge is -2.09. The number of nitrogens with zero attached hydrogens (tertiary/aromatic N) is 2. The lowest BCUT2D eigenvalue weighted by atomic mass is 10.2. The zero-order valence-electron chi connectivity index (χ0n) is 13.7. The van der Waals surface area contributed by atoms with Gasteiger partial charge in [-0.15, -0.1) is 0 Å². The Bertz CT molecular complexity index is 610. The first-order chi connectivity index (χ1) is 11.3. The average Bonchev–Trinajstić information content (AvgIpc) is 3.02. The molecule has 0 aliphatic rings. The van der Waals surface area contributed by atoms with E-state index >= 15 is 0 Å². The Morgan fingerprint density at radius 3 is 2.70 bits per heavy atom. The summed E-state index contributed by atoms with van der Waals surface area (Å²) in [5, 5.41) is 10.5. The van der Waals surface area contributed by atoms with Gasteiger partial charge in [0.05, 0.1) is 29.7 Å². The highest BCUT2D eigenvalue weighted by molar-refractivity contribution is 5.95. The van der Waals surface area contributed by atoms with E-state index in [4.69, 9.17) is 4.74 Å². The number of aromatic nitrogens is 2. The normalized spacial score (nSPS) is 10.7. The van der Waals surface area contributed by atoms with Gasteiger partial charge >= 0.3 is 0 Å². The van der Waals surface area contributed by atoms with E-state index in [1.807, 2.05) is 41.9 Å². The quantitative estimate of drug-likeness (QED) is 0.686. The summed E-state index contributed by atoms with van der Waals surface area (Å²) >= 11 is 0. The average molecular weight is 316 g/mol. The van der Waals surface area contributed by atoms with Crippen molar-refractivity contribution >= 4 is 5.91 Å². The highest BCUT2D eigenvalue weighted by Crippen LogP contribution is 2.15. The SMILES string of the molecule is CCc1c(C(=O)NCCNCCOC)cnn1-c1ccccc1. The van der Waals surface area contributed by atoms with Crippen LogP contribution in [0.1, 0.15) is 23.0 Å². The Hall–Kier alpha value is -2.18. The summed E-state index contributed by atoms with van der Waals surface area (Å²) in [5.74, 6) is -0.0856. The van der Waals surface area contributed by atoms with Crippen LogP contribution in [0.3, 0.4) is 0 Å². The summed E-state index contributed by atoms with van der Waals surface area (Å²) in [4.78, 5) is 12.3. The molecule has 0 unspecified atom stereocenters. The van der Waals surface area contributed by atoms with Crippen molar-refractivity contribution in [2.24, 2.45) is 0 Å². The van der Waals surface area contributed by atoms with Gasteiger partial charge in [0.1, 0.15) is 0 Å². The highest BCUT2D eigenvalue weighted by atomic mass is 16.5. The molecule has 1 amide bonds. The number of carbonyl (C=O) groups is 1. The van der Waals surface area contributed by atoms with Gasteiger partial charge in [-0.1, -0.05) is 25.1 Å². The van der Waals surface area contributed by atoms with Crippen LogP contribution in [0.2, 0.25) is 0 Å². The molecule has 2 rings (SSSR count). The molecule has 23 heavy (non-hydrogen) atoms. The van der Waals surface area contributed by atoms with Crippen LogP contribution < -0.4 is 10.6 Å². The summed E-state index contributed by atoms with van der Waals surface area (Å²) in [5.41, 5.74) is 2.51. The molecule has 1 aromatic carbocycles. The molecule has 0 radical (unpaired) electrons. The number of carbonyl (C=O) groups excluding carboxylic acids is 1. The second-order valence-electron chi connectivity index (χ2n) is 5.10. The van der Waals surface area contributed by atoms with E-state index < -0.39 is 0 Å². The van der Waals surface area contributed by atoms with Crippen LogP contribution in [0.4, 0.5) is 0 Å². The highest BCUT2D eigenvalue weighted by Gasteiger charge is 2.16. The lowest BCUT2D eigenvalue weighted by Crippen LogP contribution is -2.33. The predicted octanol–water partition coefficient (Wildman–Crippen LogP) is 1.40. The maximum absolute atomic E-state index is 12.3. The molecule has 0 aliphatic heterocycles. The summed E-state index contributed by atoms with van der Waals surface area (Å²) in [6.07, 6.45) is 2.38. The molecule has 2 aromatic rings. The zero-order valence-corrected chi connectivity index (χ0v) is 13.7. The molecule has 0 spiro atoms. The Morgan fingerprint density at radius 1 is 1.22 bits per heavy atom. The van der Waals surface area contributed by atoms with E-state index in [2.05, 4.69) is 15.7 Å². The summed E-state index contributed by atoms with van der Waals surface area (Å²) in [6.45, 7) is 4.75. The standard InChI is InChI=1S/C17H24N4O2/c1-3-16-15(17(22)19-10-9-18-11-12-23-2)13-20-21(16)14-7-5-4-6-8-14/h4-8,13,18H,3,9-12H2,1-2H3,(H,19,22). The van der Waals surface area contributed by atoms with Gasteiger partial charge in [0.15, 0.2) is 0 Å². The van der Waals surface area contributed by atoms with Gasteiger partial charge in [0.2, 0.25) is 0 Å². The number of methoxy groups -OCH3 is 1. The molecule has 0 bridgehead atoms. The minimum atomic E-state index is -0.0856. The van der Waals surface area contributed by atoms with Gasteiger partial charge in [0.25, 0.3) is 5.91 Å². The Labute approximate surface area is 136 Å². The van der Waals surface area contributed by atoms with Gasteiger partial charge < -0.3 is 15.4 Å². The molecule has 124 valence electrons. The molecule has 6 nitrogen and oxygen atoms in total. The van der Waals surface area contributed by atoms with E-state index in [0.29, 0.717) is 25.3 Å². The third-order valence-electron chi connectivity index (χ3n) is 3.52. The lowest BCUT2D eigenvalue weighted by molar-refractivity contribution is 0.0952. The maximum atomic E-state index is 12.3. The fraction of sp³-hybridized carbons (Fsp3) is 0.412. The number of benzene rings is 1. The first kappa shape index (κ1) is 17.2. The van der Waals surface area contributed by atoms with Gasteiger partial charge in [0, 0.05) is 26.7 Å². The minimum absolute atomic E-state index is 0.0856. The third kappa shape index (κ3) is 4.64. The van der Waals surface area contributed by atoms with Gasteiger partial charge in [-0.05, 0) is 18.6 Å². The van der Waals surface area contributed by atoms with Crippen molar-refractivity contribution in [2.45, 2.75) is 13.3 Å². The summed E-state index contributed by atoms with van der Waals surface area (Å²) in [7, 11) is 1.67. The van der Waals surface area contributed by atoms with Gasteiger partial charge in [-0.3, -0.25) is 4.79 Å². The monoisotopic (exact) mass is 316 g/mol. The Kier molecular flexibility index (Phi) is 6.77. The van der Waals surface area contributed by atoms with E-state index in [9.17, 15) is 4.79 Å². The zero-order chi connectivity index (χ0) is 16.5. The van der Waals surface area contributed by atoms with Crippen molar-refractivity contribution in [3.63, 3.8) is 0 Å². The number of nitrogens with one attached hydrogen (secondary N) is 2. The van der Waals surface area contributed by atoms with Crippen molar-refractivity contribution in [1.29, 1.82) is 0 Å². The molecule has 0 saturated heterocycles. The largest absolute Gasteiger partial charge is 0.383 e. The molecule has 0 aliphatic carbocycles. The number of hydrogen-bond donors (Lipinski definition) is 2. The fourth-order valence-corrected chi connectivity index (χ4v) is 2.35. The number of ether oxygens (including phenoxy) is 1. The Balaban J connectivity index is 1.97. The molecular weight excluding hydrogens is 292 g/mol. The van der Waals surface area contributed by atoms with Crippen molar-refractivity contribution in [3.05, 3.63) is 47.8 Å². The van der Waals surface area contributed by atoms with Crippen molar-refractivity contribution in [3.8, 4) is 5.69 Å². The second-order valence-corrected chi connectivity index (χ2v) is 5.10. The van der Waals surface area contributed by atoms with Gasteiger partial charge in [-0.2, -0.15) is 5.10 Å². The minimum Gasteiger partial charge on any atom is -0.383 e. The fourth-order valence-electron chi connectivity index (χ4n) is 2.35. The molecule has 0 fully saturated rings.